The summed E-state index contributed by atoms with van der Waals surface area (Å²) >= 11 is 22.1. The number of alkyl halides is 2. The highest BCUT2D eigenvalue weighted by Gasteiger charge is 2.66. The van der Waals surface area contributed by atoms with Crippen molar-refractivity contribution in [1.82, 2.24) is 0 Å². The minimum atomic E-state index is -0.767. The van der Waals surface area contributed by atoms with Gasteiger partial charge < -0.3 is 10.1 Å². The first-order valence-corrected chi connectivity index (χ1v) is 12.9. The molecule has 0 spiro atoms. The number of benzene rings is 2. The van der Waals surface area contributed by atoms with Crippen molar-refractivity contribution in [2.45, 2.75) is 17.2 Å². The molecule has 35 heavy (non-hydrogen) atoms. The Morgan fingerprint density at radius 1 is 1.03 bits per heavy atom. The van der Waals surface area contributed by atoms with E-state index >= 15 is 0 Å². The Labute approximate surface area is 224 Å². The van der Waals surface area contributed by atoms with Crippen LogP contribution in [0.3, 0.4) is 0 Å². The van der Waals surface area contributed by atoms with Crippen molar-refractivity contribution in [3.63, 3.8) is 0 Å². The fourth-order valence-electron chi connectivity index (χ4n) is 5.36. The molecule has 2 aliphatic carbocycles. The standard InChI is InChI=1S/C24H18BrCl3N2O5/c25-15-5-4-11(7-16(15)26)29-17(31)9-35-24(34)10-2-1-3-12(6-10)30-22(32)18-13-8-14(19(18)23(30)33)21(28)20(13)27/h1-7,13-14,18-21H,8-9H2,(H,29,31)/t13-,14-,18-,19-,20-,21+/m1/s1. The van der Waals surface area contributed by atoms with E-state index in [0.717, 1.165) is 4.90 Å². The van der Waals surface area contributed by atoms with Crippen molar-refractivity contribution in [2.24, 2.45) is 23.7 Å². The van der Waals surface area contributed by atoms with E-state index in [0.29, 0.717) is 21.6 Å². The van der Waals surface area contributed by atoms with E-state index in [9.17, 15) is 19.2 Å². The molecule has 2 bridgehead atoms. The number of carbonyl (C=O) groups excluding carboxylic acids is 4. The van der Waals surface area contributed by atoms with Gasteiger partial charge in [-0.1, -0.05) is 17.7 Å². The number of imide groups is 1. The maximum atomic E-state index is 13.2. The Balaban J connectivity index is 1.26. The maximum Gasteiger partial charge on any atom is 0.338 e. The molecule has 1 heterocycles. The third-order valence-electron chi connectivity index (χ3n) is 6.86. The van der Waals surface area contributed by atoms with Gasteiger partial charge in [-0.2, -0.15) is 0 Å². The Kier molecular flexibility index (Phi) is 6.59. The number of anilines is 2. The summed E-state index contributed by atoms with van der Waals surface area (Å²) in [6.07, 6.45) is 0.671. The van der Waals surface area contributed by atoms with Crippen LogP contribution in [0.5, 0.6) is 0 Å². The molecule has 182 valence electrons. The van der Waals surface area contributed by atoms with Crippen LogP contribution >= 0.6 is 50.7 Å². The van der Waals surface area contributed by atoms with Crippen molar-refractivity contribution >= 4 is 85.8 Å². The van der Waals surface area contributed by atoms with Gasteiger partial charge >= 0.3 is 5.97 Å². The summed E-state index contributed by atoms with van der Waals surface area (Å²) in [5.41, 5.74) is 0.827. The third-order valence-corrected chi connectivity index (χ3v) is 9.42. The second-order valence-electron chi connectivity index (χ2n) is 8.82. The van der Waals surface area contributed by atoms with Gasteiger partial charge in [-0.3, -0.25) is 19.3 Å². The van der Waals surface area contributed by atoms with E-state index < -0.39 is 30.3 Å². The Hall–Kier alpha value is -2.13. The van der Waals surface area contributed by atoms with Gasteiger partial charge in [-0.25, -0.2) is 4.79 Å². The molecule has 3 amide bonds. The van der Waals surface area contributed by atoms with Gasteiger partial charge in [0.2, 0.25) is 11.8 Å². The highest BCUT2D eigenvalue weighted by Crippen LogP contribution is 2.59. The van der Waals surface area contributed by atoms with E-state index in [4.69, 9.17) is 39.5 Å². The van der Waals surface area contributed by atoms with E-state index in [-0.39, 0.29) is 45.7 Å². The minimum absolute atomic E-state index is 0.105. The first-order valence-electron chi connectivity index (χ1n) is 10.9. The van der Waals surface area contributed by atoms with Crippen molar-refractivity contribution in [2.75, 3.05) is 16.8 Å². The molecule has 6 atom stereocenters. The predicted octanol–water partition coefficient (Wildman–Crippen LogP) is 4.87. The SMILES string of the molecule is O=C(COC(=O)c1cccc(N2C(=O)[C@@H]3[C@H]4C[C@@H]([C@@H](Cl)[C@H]4Cl)[C@H]3C2=O)c1)Nc1ccc(Br)c(Cl)c1. The number of fused-ring (bicyclic) bond motifs is 5. The molecule has 1 N–H and O–H groups in total. The average molecular weight is 601 g/mol. The molecule has 2 aromatic rings. The number of esters is 1. The number of nitrogens with zero attached hydrogens (tertiary/aromatic N) is 1. The number of hydrogen-bond donors (Lipinski definition) is 1. The van der Waals surface area contributed by atoms with Crippen LogP contribution in [-0.2, 0) is 19.1 Å². The first-order chi connectivity index (χ1) is 16.7. The van der Waals surface area contributed by atoms with Crippen LogP contribution in [0.25, 0.3) is 0 Å². The molecule has 7 nitrogen and oxygen atoms in total. The molecule has 2 aromatic carbocycles. The van der Waals surface area contributed by atoms with Gasteiger partial charge in [0, 0.05) is 10.2 Å². The molecule has 3 fully saturated rings. The topological polar surface area (TPSA) is 92.8 Å². The average Bonchev–Trinajstić information content (AvgIpc) is 3.44. The lowest BCUT2D eigenvalue weighted by atomic mass is 9.80. The summed E-state index contributed by atoms with van der Waals surface area (Å²) in [6, 6.07) is 10.9. The normalized spacial score (nSPS) is 28.9. The molecular formula is C24H18BrCl3N2O5. The lowest BCUT2D eigenvalue weighted by molar-refractivity contribution is -0.123. The zero-order valence-electron chi connectivity index (χ0n) is 17.9. The van der Waals surface area contributed by atoms with Crippen molar-refractivity contribution in [3.8, 4) is 0 Å². The molecule has 11 heteroatoms. The Morgan fingerprint density at radius 2 is 1.69 bits per heavy atom. The quantitative estimate of drug-likeness (QED) is 0.301. The Morgan fingerprint density at radius 3 is 2.31 bits per heavy atom. The van der Waals surface area contributed by atoms with Crippen LogP contribution in [0.2, 0.25) is 5.02 Å². The summed E-state index contributed by atoms with van der Waals surface area (Å²) in [6.45, 7) is -0.528. The predicted molar refractivity (Wildman–Crippen MR) is 135 cm³/mol. The van der Waals surface area contributed by atoms with Gasteiger partial charge in [0.25, 0.3) is 5.91 Å². The third kappa shape index (κ3) is 4.24. The number of carbonyl (C=O) groups is 4. The smallest absolute Gasteiger partial charge is 0.338 e. The maximum absolute atomic E-state index is 13.2. The lowest BCUT2D eigenvalue weighted by Gasteiger charge is -2.28. The molecule has 5 rings (SSSR count). The van der Waals surface area contributed by atoms with Crippen LogP contribution < -0.4 is 10.2 Å². The van der Waals surface area contributed by atoms with Crippen LogP contribution in [0.1, 0.15) is 16.8 Å². The van der Waals surface area contributed by atoms with Crippen molar-refractivity contribution in [1.29, 1.82) is 0 Å². The van der Waals surface area contributed by atoms with E-state index in [1.807, 2.05) is 0 Å². The van der Waals surface area contributed by atoms with Crippen molar-refractivity contribution < 1.29 is 23.9 Å². The van der Waals surface area contributed by atoms with E-state index in [1.165, 1.54) is 12.1 Å². The molecule has 0 aromatic heterocycles. The first kappa shape index (κ1) is 24.6. The molecule has 1 saturated heterocycles. The molecule has 2 saturated carbocycles. The number of rotatable bonds is 5. The minimum Gasteiger partial charge on any atom is -0.452 e. The van der Waals surface area contributed by atoms with Crippen LogP contribution in [0, 0.1) is 23.7 Å². The fraction of sp³-hybridized carbons (Fsp3) is 0.333. The summed E-state index contributed by atoms with van der Waals surface area (Å²) in [5.74, 6) is -3.21. The summed E-state index contributed by atoms with van der Waals surface area (Å²) in [4.78, 5) is 52.2. The van der Waals surface area contributed by atoms with Gasteiger partial charge in [0.1, 0.15) is 0 Å². The van der Waals surface area contributed by atoms with E-state index in [1.54, 1.807) is 30.3 Å². The van der Waals surface area contributed by atoms with Crippen molar-refractivity contribution in [3.05, 3.63) is 57.5 Å². The Bertz CT molecular complexity index is 1230. The number of amides is 3. The lowest BCUT2D eigenvalue weighted by Crippen LogP contribution is -2.37. The second kappa shape index (κ2) is 9.39. The largest absolute Gasteiger partial charge is 0.452 e. The highest BCUT2D eigenvalue weighted by molar-refractivity contribution is 9.10. The van der Waals surface area contributed by atoms with Gasteiger partial charge in [0.15, 0.2) is 6.61 Å². The number of nitrogens with one attached hydrogen (secondary N) is 1. The highest BCUT2D eigenvalue weighted by atomic mass is 79.9. The monoisotopic (exact) mass is 598 g/mol. The second-order valence-corrected chi connectivity index (χ2v) is 11.1. The van der Waals surface area contributed by atoms with Gasteiger partial charge in [-0.05, 0) is 70.6 Å². The van der Waals surface area contributed by atoms with E-state index in [2.05, 4.69) is 21.2 Å². The van der Waals surface area contributed by atoms with Crippen LogP contribution in [-0.4, -0.2) is 41.1 Å². The molecule has 3 aliphatic rings. The number of halogens is 4. The summed E-state index contributed by atoms with van der Waals surface area (Å²) < 4.78 is 5.80. The summed E-state index contributed by atoms with van der Waals surface area (Å²) in [5, 5.41) is 2.31. The zero-order chi connectivity index (χ0) is 25.0. The van der Waals surface area contributed by atoms with Gasteiger partial charge in [-0.15, -0.1) is 23.2 Å². The van der Waals surface area contributed by atoms with Crippen LogP contribution in [0.15, 0.2) is 46.9 Å². The molecule has 0 radical (unpaired) electrons. The summed E-state index contributed by atoms with van der Waals surface area (Å²) in [7, 11) is 0. The number of hydrogen-bond acceptors (Lipinski definition) is 5. The fourth-order valence-corrected chi connectivity index (χ4v) is 6.68. The van der Waals surface area contributed by atoms with Crippen LogP contribution in [0.4, 0.5) is 11.4 Å². The number of ether oxygens (including phenoxy) is 1. The van der Waals surface area contributed by atoms with Gasteiger partial charge in [0.05, 0.1) is 38.9 Å². The molecule has 0 unspecified atom stereocenters. The molecular weight excluding hydrogens is 583 g/mol. The zero-order valence-corrected chi connectivity index (χ0v) is 21.8. The molecule has 1 aliphatic heterocycles.